The van der Waals surface area contributed by atoms with Gasteiger partial charge in [0.25, 0.3) is 0 Å². The van der Waals surface area contributed by atoms with Crippen LogP contribution in [0, 0.1) is 17.8 Å². The van der Waals surface area contributed by atoms with Crippen LogP contribution in [0.5, 0.6) is 0 Å². The molecule has 21 heavy (non-hydrogen) atoms. The van der Waals surface area contributed by atoms with E-state index < -0.39 is 17.9 Å². The molecule has 1 aliphatic rings. The molecule has 0 aromatic carbocycles. The summed E-state index contributed by atoms with van der Waals surface area (Å²) in [7, 11) is 0. The molecular weight excluding hydrogens is 274 g/mol. The summed E-state index contributed by atoms with van der Waals surface area (Å²) in [6.45, 7) is 7.96. The van der Waals surface area contributed by atoms with Crippen LogP contribution in [0.2, 0.25) is 0 Å². The molecule has 1 saturated heterocycles. The van der Waals surface area contributed by atoms with Gasteiger partial charge in [0.1, 0.15) is 19.6 Å². The molecule has 0 unspecified atom stereocenters. The predicted molar refractivity (Wildman–Crippen MR) is 75.5 cm³/mol. The van der Waals surface area contributed by atoms with E-state index in [2.05, 4.69) is 11.8 Å². The lowest BCUT2D eigenvalue weighted by atomic mass is 10.1. The summed E-state index contributed by atoms with van der Waals surface area (Å²) in [6, 6.07) is 0. The van der Waals surface area contributed by atoms with Crippen LogP contribution in [-0.2, 0) is 23.8 Å². The van der Waals surface area contributed by atoms with Crippen LogP contribution in [0.3, 0.4) is 0 Å². The molecule has 0 aliphatic carbocycles. The first-order chi connectivity index (χ1) is 10.2. The van der Waals surface area contributed by atoms with E-state index in [4.69, 9.17) is 14.2 Å². The van der Waals surface area contributed by atoms with E-state index >= 15 is 0 Å². The second kappa shape index (κ2) is 10.2. The molecule has 0 radical (unpaired) electrons. The Morgan fingerprint density at radius 2 is 1.67 bits per heavy atom. The van der Waals surface area contributed by atoms with Crippen LogP contribution in [0.25, 0.3) is 0 Å². The van der Waals surface area contributed by atoms with Crippen molar-refractivity contribution >= 4 is 11.9 Å². The smallest absolute Gasteiger partial charge is 0.321 e. The second-order valence-electron chi connectivity index (χ2n) is 4.65. The van der Waals surface area contributed by atoms with Crippen LogP contribution in [-0.4, -0.2) is 58.0 Å². The monoisotopic (exact) mass is 298 g/mol. The third-order valence-corrected chi connectivity index (χ3v) is 3.11. The molecule has 0 atom stereocenters. The highest BCUT2D eigenvalue weighted by molar-refractivity contribution is 5.95. The zero-order valence-corrected chi connectivity index (χ0v) is 12.8. The Balaban J connectivity index is 2.48. The van der Waals surface area contributed by atoms with Gasteiger partial charge in [-0.1, -0.05) is 5.92 Å². The average molecular weight is 298 g/mol. The summed E-state index contributed by atoms with van der Waals surface area (Å²) in [5.74, 6) is 3.84. The van der Waals surface area contributed by atoms with E-state index in [0.717, 1.165) is 26.3 Å². The number of hydrogen-bond acceptors (Lipinski definition) is 5. The van der Waals surface area contributed by atoms with Gasteiger partial charge in [-0.2, -0.15) is 0 Å². The quantitative estimate of drug-likeness (QED) is 0.389. The van der Waals surface area contributed by atoms with Crippen molar-refractivity contribution in [2.75, 3.05) is 46.1 Å². The molecule has 0 saturated carbocycles. The lowest BCUT2D eigenvalue weighted by Gasteiger charge is -2.21. The van der Waals surface area contributed by atoms with Crippen molar-refractivity contribution in [1.29, 1.82) is 0 Å². The lowest BCUT2D eigenvalue weighted by molar-refractivity contribution is -0.900. The van der Waals surface area contributed by atoms with Crippen molar-refractivity contribution in [3.05, 3.63) is 0 Å². The van der Waals surface area contributed by atoms with Gasteiger partial charge in [0.15, 0.2) is 5.92 Å². The molecule has 1 N–H and O–H groups in total. The number of nitrogens with one attached hydrogen (secondary N) is 1. The molecule has 1 heterocycles. The van der Waals surface area contributed by atoms with Gasteiger partial charge in [0, 0.05) is 6.42 Å². The second-order valence-corrected chi connectivity index (χ2v) is 4.65. The number of esters is 2. The third-order valence-electron chi connectivity index (χ3n) is 3.11. The molecule has 118 valence electrons. The molecule has 0 aromatic rings. The number of carbonyl (C=O) groups is 2. The topological polar surface area (TPSA) is 66.3 Å². The SMILES string of the molecule is CCOC(=O)C(CC#CC[NH+]1CCOCC1)C(=O)OCC. The van der Waals surface area contributed by atoms with Gasteiger partial charge in [-0.25, -0.2) is 0 Å². The van der Waals surface area contributed by atoms with Crippen molar-refractivity contribution in [1.82, 2.24) is 0 Å². The number of ether oxygens (including phenoxy) is 3. The van der Waals surface area contributed by atoms with E-state index in [1.807, 2.05) is 0 Å². The van der Waals surface area contributed by atoms with Crippen LogP contribution in [0.4, 0.5) is 0 Å². The minimum atomic E-state index is -0.947. The molecule has 1 aliphatic heterocycles. The predicted octanol–water partition coefficient (Wildman–Crippen LogP) is -0.963. The highest BCUT2D eigenvalue weighted by Crippen LogP contribution is 2.08. The van der Waals surface area contributed by atoms with Gasteiger partial charge in [-0.3, -0.25) is 9.59 Å². The lowest BCUT2D eigenvalue weighted by Crippen LogP contribution is -3.14. The largest absolute Gasteiger partial charge is 0.465 e. The maximum atomic E-state index is 11.7. The maximum Gasteiger partial charge on any atom is 0.321 e. The minimum Gasteiger partial charge on any atom is -0.465 e. The van der Waals surface area contributed by atoms with Crippen molar-refractivity contribution in [2.45, 2.75) is 20.3 Å². The van der Waals surface area contributed by atoms with Crippen LogP contribution in [0.15, 0.2) is 0 Å². The van der Waals surface area contributed by atoms with Crippen molar-refractivity contribution in [2.24, 2.45) is 5.92 Å². The van der Waals surface area contributed by atoms with Crippen LogP contribution >= 0.6 is 0 Å². The molecule has 0 aromatic heterocycles. The number of quaternary nitrogens is 1. The summed E-state index contributed by atoms with van der Waals surface area (Å²) in [5.41, 5.74) is 0. The molecule has 0 bridgehead atoms. The van der Waals surface area contributed by atoms with Crippen molar-refractivity contribution in [3.8, 4) is 11.8 Å². The first kappa shape index (κ1) is 17.5. The van der Waals surface area contributed by atoms with E-state index in [9.17, 15) is 9.59 Å². The van der Waals surface area contributed by atoms with Crippen LogP contribution in [0.1, 0.15) is 20.3 Å². The Morgan fingerprint density at radius 1 is 1.10 bits per heavy atom. The molecule has 1 rings (SSSR count). The van der Waals surface area contributed by atoms with Gasteiger partial charge in [-0.15, -0.1) is 0 Å². The Bertz CT molecular complexity index is 375. The highest BCUT2D eigenvalue weighted by Gasteiger charge is 2.28. The first-order valence-corrected chi connectivity index (χ1v) is 7.39. The Labute approximate surface area is 125 Å². The first-order valence-electron chi connectivity index (χ1n) is 7.39. The standard InChI is InChI=1S/C15H23NO5/c1-3-20-14(17)13(15(18)21-4-2)7-5-6-8-16-9-11-19-12-10-16/h13H,3-4,7-12H2,1-2H3/p+1. The summed E-state index contributed by atoms with van der Waals surface area (Å²) in [4.78, 5) is 24.8. The molecule has 6 heteroatoms. The Kier molecular flexibility index (Phi) is 8.48. The van der Waals surface area contributed by atoms with Gasteiger partial charge < -0.3 is 19.1 Å². The Hall–Kier alpha value is -1.58. The van der Waals surface area contributed by atoms with E-state index in [1.54, 1.807) is 13.8 Å². The fourth-order valence-electron chi connectivity index (χ4n) is 1.95. The van der Waals surface area contributed by atoms with Crippen molar-refractivity contribution < 1.29 is 28.7 Å². The minimum absolute atomic E-state index is 0.140. The fourth-order valence-corrected chi connectivity index (χ4v) is 1.95. The normalized spacial score (nSPS) is 15.2. The highest BCUT2D eigenvalue weighted by atomic mass is 16.6. The molecule has 0 spiro atoms. The van der Waals surface area contributed by atoms with Crippen LogP contribution < -0.4 is 4.90 Å². The Morgan fingerprint density at radius 3 is 2.19 bits per heavy atom. The molecule has 0 amide bonds. The number of rotatable bonds is 6. The number of hydrogen-bond donors (Lipinski definition) is 1. The maximum absolute atomic E-state index is 11.7. The summed E-state index contributed by atoms with van der Waals surface area (Å²) < 4.78 is 15.0. The van der Waals surface area contributed by atoms with E-state index in [-0.39, 0.29) is 19.6 Å². The van der Waals surface area contributed by atoms with Gasteiger partial charge in [0.2, 0.25) is 0 Å². The molecule has 1 fully saturated rings. The fraction of sp³-hybridized carbons (Fsp3) is 0.733. The average Bonchev–Trinajstić information content (AvgIpc) is 2.48. The molecular formula is C15H24NO5+. The van der Waals surface area contributed by atoms with Gasteiger partial charge in [-0.05, 0) is 19.8 Å². The van der Waals surface area contributed by atoms with Gasteiger partial charge in [0.05, 0.1) is 26.4 Å². The van der Waals surface area contributed by atoms with E-state index in [1.165, 1.54) is 4.90 Å². The number of morpholine rings is 1. The number of carbonyl (C=O) groups excluding carboxylic acids is 2. The summed E-state index contributed by atoms with van der Waals surface area (Å²) >= 11 is 0. The summed E-state index contributed by atoms with van der Waals surface area (Å²) in [5, 5.41) is 0. The molecule has 6 nitrogen and oxygen atoms in total. The zero-order valence-electron chi connectivity index (χ0n) is 12.8. The van der Waals surface area contributed by atoms with Crippen molar-refractivity contribution in [3.63, 3.8) is 0 Å². The zero-order chi connectivity index (χ0) is 15.5. The third kappa shape index (κ3) is 6.61. The van der Waals surface area contributed by atoms with Gasteiger partial charge >= 0.3 is 11.9 Å². The van der Waals surface area contributed by atoms with E-state index in [0.29, 0.717) is 6.54 Å². The summed E-state index contributed by atoms with van der Waals surface area (Å²) in [6.07, 6.45) is 0.140.